The van der Waals surface area contributed by atoms with Gasteiger partial charge in [0.1, 0.15) is 12.2 Å². The van der Waals surface area contributed by atoms with Crippen molar-refractivity contribution in [3.8, 4) is 11.5 Å². The second-order valence-electron chi connectivity index (χ2n) is 7.63. The molecule has 0 fully saturated rings. The summed E-state index contributed by atoms with van der Waals surface area (Å²) in [5.74, 6) is 0.799. The maximum atomic E-state index is 11.9. The molecule has 1 spiro atoms. The van der Waals surface area contributed by atoms with E-state index in [-0.39, 0.29) is 29.5 Å². The van der Waals surface area contributed by atoms with Crippen molar-refractivity contribution in [2.75, 3.05) is 27.2 Å². The van der Waals surface area contributed by atoms with Gasteiger partial charge in [0.05, 0.1) is 5.41 Å². The molecule has 3 aliphatic rings. The number of ether oxygens (including phenoxy) is 2. The number of hydrogen-bond donors (Lipinski definition) is 1. The van der Waals surface area contributed by atoms with E-state index >= 15 is 0 Å². The molecule has 1 aromatic carbocycles. The number of carbonyl (C=O) groups is 1. The van der Waals surface area contributed by atoms with Crippen molar-refractivity contribution in [1.82, 2.24) is 9.80 Å². The SMILES string of the molecule is CCN1CC[C@@]23C=C[C@H](OC(=O)N(C)C)C[C@@H]2Oc2c(O)ccc(c23)C1. The van der Waals surface area contributed by atoms with E-state index in [1.807, 2.05) is 12.1 Å². The number of carbonyl (C=O) groups excluding carboxylic acids is 1. The average Bonchev–Trinajstić information content (AvgIpc) is 2.87. The van der Waals surface area contributed by atoms with E-state index in [4.69, 9.17) is 9.47 Å². The number of phenols is 1. The third kappa shape index (κ3) is 2.55. The molecule has 3 atom stereocenters. The molecule has 2 aliphatic heterocycles. The molecule has 6 heteroatoms. The van der Waals surface area contributed by atoms with E-state index in [2.05, 4.69) is 17.9 Å². The van der Waals surface area contributed by atoms with E-state index in [9.17, 15) is 9.90 Å². The summed E-state index contributed by atoms with van der Waals surface area (Å²) < 4.78 is 11.8. The Morgan fingerprint density at radius 2 is 2.27 bits per heavy atom. The number of amides is 1. The number of hydrogen-bond acceptors (Lipinski definition) is 5. The van der Waals surface area contributed by atoms with Gasteiger partial charge in [0.15, 0.2) is 11.5 Å². The van der Waals surface area contributed by atoms with Crippen LogP contribution in [0.4, 0.5) is 4.79 Å². The summed E-state index contributed by atoms with van der Waals surface area (Å²) in [5.41, 5.74) is 2.08. The molecule has 0 unspecified atom stereocenters. The van der Waals surface area contributed by atoms with Crippen molar-refractivity contribution >= 4 is 6.09 Å². The third-order valence-corrected chi connectivity index (χ3v) is 5.88. The Labute approximate surface area is 154 Å². The number of aromatic hydroxyl groups is 1. The summed E-state index contributed by atoms with van der Waals surface area (Å²) in [6, 6.07) is 3.74. The first-order chi connectivity index (χ1) is 12.4. The Morgan fingerprint density at radius 1 is 1.46 bits per heavy atom. The van der Waals surface area contributed by atoms with Gasteiger partial charge in [0.2, 0.25) is 0 Å². The van der Waals surface area contributed by atoms with Crippen molar-refractivity contribution in [3.63, 3.8) is 0 Å². The molecule has 0 saturated carbocycles. The highest BCUT2D eigenvalue weighted by molar-refractivity contribution is 5.67. The van der Waals surface area contributed by atoms with Gasteiger partial charge in [-0.2, -0.15) is 0 Å². The minimum atomic E-state index is -0.354. The Morgan fingerprint density at radius 3 is 3.00 bits per heavy atom. The largest absolute Gasteiger partial charge is 0.504 e. The summed E-state index contributed by atoms with van der Waals surface area (Å²) in [6.07, 6.45) is 4.87. The third-order valence-electron chi connectivity index (χ3n) is 5.88. The molecule has 1 aromatic rings. The first-order valence-corrected chi connectivity index (χ1v) is 9.26. The lowest BCUT2D eigenvalue weighted by Crippen LogP contribution is -2.44. The molecule has 1 N–H and O–H groups in total. The minimum Gasteiger partial charge on any atom is -0.504 e. The fraction of sp³-hybridized carbons (Fsp3) is 0.550. The Bertz CT molecular complexity index is 760. The second kappa shape index (κ2) is 6.20. The fourth-order valence-corrected chi connectivity index (χ4v) is 4.42. The van der Waals surface area contributed by atoms with E-state index in [0.717, 1.165) is 31.6 Å². The van der Waals surface area contributed by atoms with Gasteiger partial charge >= 0.3 is 6.09 Å². The fourth-order valence-electron chi connectivity index (χ4n) is 4.42. The molecule has 140 valence electrons. The molecule has 0 radical (unpaired) electrons. The highest BCUT2D eigenvalue weighted by Crippen LogP contribution is 2.55. The normalized spacial score (nSPS) is 29.3. The predicted molar refractivity (Wildman–Crippen MR) is 97.5 cm³/mol. The molecular weight excluding hydrogens is 332 g/mol. The number of benzene rings is 1. The summed E-state index contributed by atoms with van der Waals surface area (Å²) in [7, 11) is 3.35. The number of nitrogens with zero attached hydrogens (tertiary/aromatic N) is 2. The monoisotopic (exact) mass is 358 g/mol. The van der Waals surface area contributed by atoms with E-state index in [1.54, 1.807) is 20.2 Å². The highest BCUT2D eigenvalue weighted by Gasteiger charge is 2.53. The van der Waals surface area contributed by atoms with Crippen LogP contribution < -0.4 is 4.74 Å². The maximum absolute atomic E-state index is 11.9. The second-order valence-corrected chi connectivity index (χ2v) is 7.63. The molecular formula is C20H26N2O4. The zero-order valence-electron chi connectivity index (χ0n) is 15.6. The lowest BCUT2D eigenvalue weighted by Gasteiger charge is -2.37. The topological polar surface area (TPSA) is 62.2 Å². The van der Waals surface area contributed by atoms with Gasteiger partial charge in [-0.05, 0) is 37.2 Å². The molecule has 0 aromatic heterocycles. The molecule has 26 heavy (non-hydrogen) atoms. The zero-order chi connectivity index (χ0) is 18.5. The summed E-state index contributed by atoms with van der Waals surface area (Å²) in [6.45, 7) is 5.00. The van der Waals surface area contributed by atoms with Crippen LogP contribution in [0.1, 0.15) is 30.9 Å². The molecule has 2 heterocycles. The summed E-state index contributed by atoms with van der Waals surface area (Å²) in [5, 5.41) is 10.4. The minimum absolute atomic E-state index is 0.133. The summed E-state index contributed by atoms with van der Waals surface area (Å²) in [4.78, 5) is 15.8. The number of phenolic OH excluding ortho intramolecular Hbond substituents is 1. The van der Waals surface area contributed by atoms with Crippen LogP contribution in [0, 0.1) is 0 Å². The lowest BCUT2D eigenvalue weighted by atomic mass is 9.69. The highest BCUT2D eigenvalue weighted by atomic mass is 16.6. The van der Waals surface area contributed by atoms with Gasteiger partial charge in [-0.1, -0.05) is 19.1 Å². The van der Waals surface area contributed by atoms with Gasteiger partial charge in [-0.15, -0.1) is 0 Å². The average molecular weight is 358 g/mol. The molecule has 1 amide bonds. The van der Waals surface area contributed by atoms with Crippen LogP contribution in [0.25, 0.3) is 0 Å². The number of rotatable bonds is 2. The van der Waals surface area contributed by atoms with Crippen molar-refractivity contribution < 1.29 is 19.4 Å². The molecule has 6 nitrogen and oxygen atoms in total. The molecule has 4 rings (SSSR count). The van der Waals surface area contributed by atoms with Gasteiger partial charge < -0.3 is 19.5 Å². The van der Waals surface area contributed by atoms with Gasteiger partial charge in [0.25, 0.3) is 0 Å². The Balaban J connectivity index is 1.72. The quantitative estimate of drug-likeness (QED) is 0.824. The lowest BCUT2D eigenvalue weighted by molar-refractivity contribution is 0.0480. The van der Waals surface area contributed by atoms with Crippen molar-refractivity contribution in [2.24, 2.45) is 0 Å². The standard InChI is InChI=1S/C20H26N2O4/c1-4-22-10-9-20-8-7-14(25-19(24)21(2)3)11-16(20)26-18-15(23)6-5-13(12-22)17(18)20/h5-8,14,16,23H,4,9-12H2,1-3H3/t14-,16-,20-/m0/s1. The first kappa shape index (κ1) is 17.2. The van der Waals surface area contributed by atoms with Crippen LogP contribution >= 0.6 is 0 Å². The maximum Gasteiger partial charge on any atom is 0.409 e. The van der Waals surface area contributed by atoms with Crippen LogP contribution in [0.5, 0.6) is 11.5 Å². The van der Waals surface area contributed by atoms with E-state index < -0.39 is 0 Å². The van der Waals surface area contributed by atoms with Crippen LogP contribution in [0.15, 0.2) is 24.3 Å². The van der Waals surface area contributed by atoms with E-state index in [0.29, 0.717) is 12.2 Å². The van der Waals surface area contributed by atoms with E-state index in [1.165, 1.54) is 10.5 Å². The van der Waals surface area contributed by atoms with Crippen LogP contribution in [0.3, 0.4) is 0 Å². The van der Waals surface area contributed by atoms with Crippen LogP contribution in [0.2, 0.25) is 0 Å². The molecule has 0 bridgehead atoms. The van der Waals surface area contributed by atoms with Gasteiger partial charge in [-0.3, -0.25) is 4.90 Å². The smallest absolute Gasteiger partial charge is 0.409 e. The first-order valence-electron chi connectivity index (χ1n) is 9.26. The van der Waals surface area contributed by atoms with Crippen LogP contribution in [-0.4, -0.2) is 60.4 Å². The zero-order valence-corrected chi connectivity index (χ0v) is 15.6. The van der Waals surface area contributed by atoms with Crippen molar-refractivity contribution in [1.29, 1.82) is 0 Å². The summed E-state index contributed by atoms with van der Waals surface area (Å²) >= 11 is 0. The predicted octanol–water partition coefficient (Wildman–Crippen LogP) is 2.64. The van der Waals surface area contributed by atoms with Gasteiger partial charge in [-0.25, -0.2) is 4.79 Å². The Hall–Kier alpha value is -2.21. The van der Waals surface area contributed by atoms with Crippen molar-refractivity contribution in [3.05, 3.63) is 35.4 Å². The Kier molecular flexibility index (Phi) is 4.10. The van der Waals surface area contributed by atoms with Crippen LogP contribution in [-0.2, 0) is 16.7 Å². The molecule has 0 saturated heterocycles. The van der Waals surface area contributed by atoms with Crippen molar-refractivity contribution in [2.45, 2.75) is 43.9 Å². The van der Waals surface area contributed by atoms with Gasteiger partial charge in [0, 0.05) is 32.6 Å². The molecule has 1 aliphatic carbocycles.